The van der Waals surface area contributed by atoms with Gasteiger partial charge in [-0.3, -0.25) is 4.98 Å². The second kappa shape index (κ2) is 5.78. The van der Waals surface area contributed by atoms with Crippen molar-refractivity contribution >= 4 is 10.0 Å². The van der Waals surface area contributed by atoms with Crippen LogP contribution in [0.1, 0.15) is 30.0 Å². The maximum atomic E-state index is 13.4. The Bertz CT molecular complexity index is 778. The first-order valence-electron chi connectivity index (χ1n) is 7.18. The van der Waals surface area contributed by atoms with E-state index in [2.05, 4.69) is 4.98 Å². The van der Waals surface area contributed by atoms with E-state index >= 15 is 0 Å². The van der Waals surface area contributed by atoms with Gasteiger partial charge in [0.1, 0.15) is 5.82 Å². The van der Waals surface area contributed by atoms with E-state index in [1.165, 1.54) is 22.5 Å². The van der Waals surface area contributed by atoms with Crippen LogP contribution in [0.5, 0.6) is 0 Å². The highest BCUT2D eigenvalue weighted by atomic mass is 32.2. The van der Waals surface area contributed by atoms with Gasteiger partial charge >= 0.3 is 0 Å². The molecule has 0 unspecified atom stereocenters. The lowest BCUT2D eigenvalue weighted by molar-refractivity contribution is 0.396. The van der Waals surface area contributed by atoms with Gasteiger partial charge in [0.2, 0.25) is 10.0 Å². The van der Waals surface area contributed by atoms with Crippen molar-refractivity contribution in [1.29, 1.82) is 0 Å². The summed E-state index contributed by atoms with van der Waals surface area (Å²) in [5.74, 6) is -0.399. The zero-order valence-corrected chi connectivity index (χ0v) is 13.1. The lowest BCUT2D eigenvalue weighted by atomic mass is 10.1. The summed E-state index contributed by atoms with van der Waals surface area (Å²) in [7, 11) is -3.64. The summed E-state index contributed by atoms with van der Waals surface area (Å²) >= 11 is 0. The maximum Gasteiger partial charge on any atom is 0.243 e. The summed E-state index contributed by atoms with van der Waals surface area (Å²) in [6.45, 7) is 2.04. The fourth-order valence-electron chi connectivity index (χ4n) is 2.85. The first-order valence-corrected chi connectivity index (χ1v) is 8.62. The van der Waals surface area contributed by atoms with Crippen molar-refractivity contribution in [2.45, 2.75) is 30.7 Å². The largest absolute Gasteiger partial charge is 0.264 e. The molecule has 0 N–H and O–H groups in total. The summed E-state index contributed by atoms with van der Waals surface area (Å²) in [5, 5.41) is 0. The average Bonchev–Trinajstić information content (AvgIpc) is 3.01. The minimum absolute atomic E-state index is 0.141. The Labute approximate surface area is 129 Å². The van der Waals surface area contributed by atoms with E-state index in [0.29, 0.717) is 12.1 Å². The van der Waals surface area contributed by atoms with Crippen molar-refractivity contribution in [2.75, 3.05) is 6.54 Å². The molecule has 4 nitrogen and oxygen atoms in total. The number of sulfonamides is 1. The van der Waals surface area contributed by atoms with Gasteiger partial charge in [-0.05, 0) is 55.2 Å². The highest BCUT2D eigenvalue weighted by molar-refractivity contribution is 7.89. The molecule has 1 aromatic heterocycles. The van der Waals surface area contributed by atoms with Crippen LogP contribution < -0.4 is 0 Å². The van der Waals surface area contributed by atoms with Crippen LogP contribution in [0, 0.1) is 12.7 Å². The van der Waals surface area contributed by atoms with Gasteiger partial charge in [-0.25, -0.2) is 12.8 Å². The van der Waals surface area contributed by atoms with E-state index in [1.54, 1.807) is 25.4 Å². The van der Waals surface area contributed by atoms with Crippen molar-refractivity contribution in [3.05, 3.63) is 59.7 Å². The molecule has 116 valence electrons. The van der Waals surface area contributed by atoms with Crippen LogP contribution in [-0.4, -0.2) is 24.3 Å². The van der Waals surface area contributed by atoms with Gasteiger partial charge in [-0.1, -0.05) is 6.07 Å². The number of nitrogens with zero attached hydrogens (tertiary/aromatic N) is 2. The monoisotopic (exact) mass is 320 g/mol. The second-order valence-electron chi connectivity index (χ2n) is 5.47. The minimum Gasteiger partial charge on any atom is -0.264 e. The van der Waals surface area contributed by atoms with E-state index in [4.69, 9.17) is 0 Å². The molecule has 1 aliphatic heterocycles. The van der Waals surface area contributed by atoms with Crippen LogP contribution in [0.2, 0.25) is 0 Å². The van der Waals surface area contributed by atoms with Crippen molar-refractivity contribution in [3.8, 4) is 0 Å². The molecular formula is C16H17FN2O2S. The van der Waals surface area contributed by atoms with Crippen LogP contribution >= 0.6 is 0 Å². The zero-order chi connectivity index (χ0) is 15.7. The van der Waals surface area contributed by atoms with E-state index in [1.807, 2.05) is 6.07 Å². The molecule has 22 heavy (non-hydrogen) atoms. The third-order valence-corrected chi connectivity index (χ3v) is 5.91. The van der Waals surface area contributed by atoms with Gasteiger partial charge in [-0.2, -0.15) is 4.31 Å². The van der Waals surface area contributed by atoms with E-state index in [-0.39, 0.29) is 10.9 Å². The third-order valence-electron chi connectivity index (χ3n) is 4.01. The molecule has 2 heterocycles. The lowest BCUT2D eigenvalue weighted by Crippen LogP contribution is -2.30. The molecule has 2 aromatic rings. The van der Waals surface area contributed by atoms with Crippen molar-refractivity contribution < 1.29 is 12.8 Å². The van der Waals surface area contributed by atoms with Gasteiger partial charge in [0.25, 0.3) is 0 Å². The number of benzene rings is 1. The molecule has 1 atom stereocenters. The summed E-state index contributed by atoms with van der Waals surface area (Å²) in [6, 6.07) is 7.42. The number of aromatic nitrogens is 1. The van der Waals surface area contributed by atoms with Crippen molar-refractivity contribution in [3.63, 3.8) is 0 Å². The molecular weight excluding hydrogens is 303 g/mol. The number of hydrogen-bond acceptors (Lipinski definition) is 3. The second-order valence-corrected chi connectivity index (χ2v) is 7.36. The number of halogens is 1. The molecule has 1 aliphatic rings. The molecule has 1 saturated heterocycles. The smallest absolute Gasteiger partial charge is 0.243 e. The molecule has 0 bridgehead atoms. The lowest BCUT2D eigenvalue weighted by Gasteiger charge is -2.24. The van der Waals surface area contributed by atoms with E-state index in [0.717, 1.165) is 18.4 Å². The first kappa shape index (κ1) is 15.1. The Morgan fingerprint density at radius 1 is 1.32 bits per heavy atom. The SMILES string of the molecule is Cc1cc(S(=O)(=O)N2CCC[C@@H]2c2cccnc2)ccc1F. The molecule has 6 heteroatoms. The normalized spacial score (nSPS) is 19.5. The van der Waals surface area contributed by atoms with E-state index < -0.39 is 15.8 Å². The fraction of sp³-hybridized carbons (Fsp3) is 0.312. The van der Waals surface area contributed by atoms with Crippen LogP contribution in [0.25, 0.3) is 0 Å². The molecule has 3 rings (SSSR count). The fourth-order valence-corrected chi connectivity index (χ4v) is 4.62. The molecule has 0 saturated carbocycles. The molecule has 0 amide bonds. The van der Waals surface area contributed by atoms with Gasteiger partial charge in [0.05, 0.1) is 10.9 Å². The summed E-state index contributed by atoms with van der Waals surface area (Å²) in [4.78, 5) is 4.21. The molecule has 1 aromatic carbocycles. The Hall–Kier alpha value is -1.79. The van der Waals surface area contributed by atoms with Gasteiger partial charge in [0.15, 0.2) is 0 Å². The Morgan fingerprint density at radius 2 is 2.14 bits per heavy atom. The van der Waals surface area contributed by atoms with E-state index in [9.17, 15) is 12.8 Å². The number of rotatable bonds is 3. The highest BCUT2D eigenvalue weighted by Crippen LogP contribution is 2.36. The molecule has 0 aliphatic carbocycles. The first-order chi connectivity index (χ1) is 10.5. The number of pyridine rings is 1. The van der Waals surface area contributed by atoms with Crippen LogP contribution in [0.15, 0.2) is 47.6 Å². The summed E-state index contributed by atoms with van der Waals surface area (Å²) < 4.78 is 40.6. The summed E-state index contributed by atoms with van der Waals surface area (Å²) in [6.07, 6.45) is 4.94. The van der Waals surface area contributed by atoms with Crippen LogP contribution in [0.3, 0.4) is 0 Å². The maximum absolute atomic E-state index is 13.4. The summed E-state index contributed by atoms with van der Waals surface area (Å²) in [5.41, 5.74) is 1.22. The number of hydrogen-bond donors (Lipinski definition) is 0. The third kappa shape index (κ3) is 2.64. The van der Waals surface area contributed by atoms with Gasteiger partial charge in [-0.15, -0.1) is 0 Å². The van der Waals surface area contributed by atoms with Crippen molar-refractivity contribution in [2.24, 2.45) is 0 Å². The Morgan fingerprint density at radius 3 is 2.82 bits per heavy atom. The van der Waals surface area contributed by atoms with Gasteiger partial charge < -0.3 is 0 Å². The van der Waals surface area contributed by atoms with Crippen LogP contribution in [-0.2, 0) is 10.0 Å². The quantitative estimate of drug-likeness (QED) is 0.873. The Balaban J connectivity index is 1.99. The number of aryl methyl sites for hydroxylation is 1. The molecule has 1 fully saturated rings. The molecule has 0 spiro atoms. The Kier molecular flexibility index (Phi) is 3.97. The predicted octanol–water partition coefficient (Wildman–Crippen LogP) is 3.05. The predicted molar refractivity (Wildman–Crippen MR) is 81.2 cm³/mol. The average molecular weight is 320 g/mol. The van der Waals surface area contributed by atoms with Crippen molar-refractivity contribution in [1.82, 2.24) is 9.29 Å². The standard InChI is InChI=1S/C16H17FN2O2S/c1-12-10-14(6-7-15(12)17)22(20,21)19-9-3-5-16(19)13-4-2-8-18-11-13/h2,4,6-8,10-11,16H,3,5,9H2,1H3/t16-/m1/s1. The van der Waals surface area contributed by atoms with Gasteiger partial charge in [0, 0.05) is 18.9 Å². The topological polar surface area (TPSA) is 50.3 Å². The van der Waals surface area contributed by atoms with Crippen LogP contribution in [0.4, 0.5) is 4.39 Å². The molecule has 0 radical (unpaired) electrons. The minimum atomic E-state index is -3.64. The highest BCUT2D eigenvalue weighted by Gasteiger charge is 2.36. The zero-order valence-electron chi connectivity index (χ0n) is 12.2.